The maximum absolute atomic E-state index is 10.7. The zero-order valence-corrected chi connectivity index (χ0v) is 10.1. The molecule has 0 saturated heterocycles. The summed E-state index contributed by atoms with van der Waals surface area (Å²) in [5.74, 6) is -0.863. The van der Waals surface area contributed by atoms with Crippen molar-refractivity contribution >= 4 is 5.97 Å². The van der Waals surface area contributed by atoms with Crippen LogP contribution in [0.1, 0.15) is 12.6 Å². The van der Waals surface area contributed by atoms with Crippen molar-refractivity contribution in [2.24, 2.45) is 0 Å². The highest BCUT2D eigenvalue weighted by atomic mass is 16.4. The van der Waals surface area contributed by atoms with E-state index in [0.29, 0.717) is 6.54 Å². The van der Waals surface area contributed by atoms with Crippen LogP contribution in [0.2, 0.25) is 0 Å². The molecular formula is C13H15N3O2. The SMILES string of the molecule is CC(NCc1ccn(-c2ccccc2)n1)C(=O)O. The quantitative estimate of drug-likeness (QED) is 0.836. The fourth-order valence-corrected chi connectivity index (χ4v) is 1.53. The lowest BCUT2D eigenvalue weighted by Crippen LogP contribution is -2.33. The number of benzene rings is 1. The zero-order valence-electron chi connectivity index (χ0n) is 10.1. The monoisotopic (exact) mass is 245 g/mol. The number of aliphatic carboxylic acids is 1. The average molecular weight is 245 g/mol. The number of carboxylic acids is 1. The lowest BCUT2D eigenvalue weighted by molar-refractivity contribution is -0.139. The molecule has 0 bridgehead atoms. The van der Waals surface area contributed by atoms with Crippen LogP contribution in [0.5, 0.6) is 0 Å². The van der Waals surface area contributed by atoms with Gasteiger partial charge in [-0.1, -0.05) is 18.2 Å². The molecule has 0 aliphatic carbocycles. The van der Waals surface area contributed by atoms with Gasteiger partial charge in [0.15, 0.2) is 0 Å². The lowest BCUT2D eigenvalue weighted by Gasteiger charge is -2.06. The molecule has 1 atom stereocenters. The first-order chi connectivity index (χ1) is 8.66. The highest BCUT2D eigenvalue weighted by molar-refractivity contribution is 5.72. The molecule has 18 heavy (non-hydrogen) atoms. The second-order valence-corrected chi connectivity index (χ2v) is 4.03. The second-order valence-electron chi connectivity index (χ2n) is 4.03. The van der Waals surface area contributed by atoms with Gasteiger partial charge in [0.2, 0.25) is 0 Å². The summed E-state index contributed by atoms with van der Waals surface area (Å²) in [4.78, 5) is 10.7. The van der Waals surface area contributed by atoms with Gasteiger partial charge in [0.25, 0.3) is 0 Å². The van der Waals surface area contributed by atoms with Gasteiger partial charge in [-0.2, -0.15) is 5.10 Å². The third kappa shape index (κ3) is 2.95. The minimum atomic E-state index is -0.863. The van der Waals surface area contributed by atoms with Crippen LogP contribution >= 0.6 is 0 Å². The molecule has 2 N–H and O–H groups in total. The van der Waals surface area contributed by atoms with Crippen molar-refractivity contribution in [3.8, 4) is 5.69 Å². The molecule has 0 aliphatic rings. The van der Waals surface area contributed by atoms with Crippen molar-refractivity contribution < 1.29 is 9.90 Å². The molecule has 0 radical (unpaired) electrons. The van der Waals surface area contributed by atoms with E-state index in [1.807, 2.05) is 42.6 Å². The van der Waals surface area contributed by atoms with E-state index in [9.17, 15) is 4.79 Å². The molecule has 2 rings (SSSR count). The Kier molecular flexibility index (Phi) is 3.74. The number of nitrogens with one attached hydrogen (secondary N) is 1. The number of hydrogen-bond donors (Lipinski definition) is 2. The predicted molar refractivity (Wildman–Crippen MR) is 67.5 cm³/mol. The van der Waals surface area contributed by atoms with Gasteiger partial charge >= 0.3 is 5.97 Å². The topological polar surface area (TPSA) is 67.2 Å². The van der Waals surface area contributed by atoms with Crippen LogP contribution in [0.25, 0.3) is 5.69 Å². The van der Waals surface area contributed by atoms with E-state index in [1.165, 1.54) is 0 Å². The maximum atomic E-state index is 10.7. The summed E-state index contributed by atoms with van der Waals surface area (Å²) < 4.78 is 1.77. The Hall–Kier alpha value is -2.14. The minimum Gasteiger partial charge on any atom is -0.480 e. The van der Waals surface area contributed by atoms with Gasteiger partial charge in [-0.05, 0) is 25.1 Å². The van der Waals surface area contributed by atoms with E-state index in [1.54, 1.807) is 11.6 Å². The molecule has 1 aromatic carbocycles. The van der Waals surface area contributed by atoms with Crippen molar-refractivity contribution in [1.82, 2.24) is 15.1 Å². The van der Waals surface area contributed by atoms with Gasteiger partial charge in [-0.15, -0.1) is 0 Å². The van der Waals surface area contributed by atoms with E-state index in [0.717, 1.165) is 11.4 Å². The molecule has 94 valence electrons. The number of rotatable bonds is 5. The van der Waals surface area contributed by atoms with Gasteiger partial charge in [-0.25, -0.2) is 4.68 Å². The summed E-state index contributed by atoms with van der Waals surface area (Å²) in [6, 6.07) is 11.1. The molecule has 0 spiro atoms. The standard InChI is InChI=1S/C13H15N3O2/c1-10(13(17)18)14-9-11-7-8-16(15-11)12-5-3-2-4-6-12/h2-8,10,14H,9H2,1H3,(H,17,18). The number of carboxylic acid groups (broad SMARTS) is 1. The fourth-order valence-electron chi connectivity index (χ4n) is 1.53. The summed E-state index contributed by atoms with van der Waals surface area (Å²) in [5, 5.41) is 16.0. The molecule has 1 unspecified atom stereocenters. The number of aromatic nitrogens is 2. The van der Waals surface area contributed by atoms with Gasteiger partial charge in [-0.3, -0.25) is 10.1 Å². The zero-order chi connectivity index (χ0) is 13.0. The van der Waals surface area contributed by atoms with Crippen LogP contribution in [0, 0.1) is 0 Å². The summed E-state index contributed by atoms with van der Waals surface area (Å²) in [6.07, 6.45) is 1.86. The highest BCUT2D eigenvalue weighted by Gasteiger charge is 2.10. The van der Waals surface area contributed by atoms with E-state index >= 15 is 0 Å². The maximum Gasteiger partial charge on any atom is 0.320 e. The number of nitrogens with zero attached hydrogens (tertiary/aromatic N) is 2. The van der Waals surface area contributed by atoms with Crippen LogP contribution in [-0.4, -0.2) is 26.9 Å². The number of carbonyl (C=O) groups is 1. The van der Waals surface area contributed by atoms with E-state index < -0.39 is 12.0 Å². The van der Waals surface area contributed by atoms with Gasteiger partial charge in [0, 0.05) is 12.7 Å². The van der Waals surface area contributed by atoms with E-state index in [4.69, 9.17) is 5.11 Å². The van der Waals surface area contributed by atoms with Crippen molar-refractivity contribution in [1.29, 1.82) is 0 Å². The minimum absolute atomic E-state index is 0.438. The molecule has 1 heterocycles. The molecule has 0 aliphatic heterocycles. The van der Waals surface area contributed by atoms with E-state index in [-0.39, 0.29) is 0 Å². The van der Waals surface area contributed by atoms with Crippen LogP contribution < -0.4 is 5.32 Å². The smallest absolute Gasteiger partial charge is 0.320 e. The first kappa shape index (κ1) is 12.3. The summed E-state index contributed by atoms with van der Waals surface area (Å²) in [5.41, 5.74) is 1.79. The van der Waals surface area contributed by atoms with Crippen LogP contribution in [0.15, 0.2) is 42.6 Å². The molecule has 2 aromatic rings. The lowest BCUT2D eigenvalue weighted by atomic mass is 10.3. The van der Waals surface area contributed by atoms with Gasteiger partial charge in [0.1, 0.15) is 6.04 Å². The molecule has 0 amide bonds. The highest BCUT2D eigenvalue weighted by Crippen LogP contribution is 2.06. The fraction of sp³-hybridized carbons (Fsp3) is 0.231. The van der Waals surface area contributed by atoms with Gasteiger partial charge < -0.3 is 5.11 Å². The molecule has 5 heteroatoms. The van der Waals surface area contributed by atoms with Crippen LogP contribution in [0.3, 0.4) is 0 Å². The van der Waals surface area contributed by atoms with Crippen molar-refractivity contribution in [2.45, 2.75) is 19.5 Å². The molecular weight excluding hydrogens is 230 g/mol. The summed E-state index contributed by atoms with van der Waals surface area (Å²) >= 11 is 0. The number of para-hydroxylation sites is 1. The summed E-state index contributed by atoms with van der Waals surface area (Å²) in [7, 11) is 0. The number of hydrogen-bond acceptors (Lipinski definition) is 3. The Balaban J connectivity index is 2.01. The summed E-state index contributed by atoms with van der Waals surface area (Å²) in [6.45, 7) is 2.05. The van der Waals surface area contributed by atoms with Gasteiger partial charge in [0.05, 0.1) is 11.4 Å². The molecule has 1 aromatic heterocycles. The van der Waals surface area contributed by atoms with Crippen molar-refractivity contribution in [2.75, 3.05) is 0 Å². The molecule has 0 fully saturated rings. The largest absolute Gasteiger partial charge is 0.480 e. The Morgan fingerprint density at radius 2 is 2.11 bits per heavy atom. The van der Waals surface area contributed by atoms with E-state index in [2.05, 4.69) is 10.4 Å². The Labute approximate surface area is 105 Å². The first-order valence-electron chi connectivity index (χ1n) is 5.73. The third-order valence-corrected chi connectivity index (χ3v) is 2.62. The predicted octanol–water partition coefficient (Wildman–Crippen LogP) is 1.44. The normalized spacial score (nSPS) is 12.3. The third-order valence-electron chi connectivity index (χ3n) is 2.62. The van der Waals surface area contributed by atoms with Crippen molar-refractivity contribution in [3.05, 3.63) is 48.3 Å². The molecule has 5 nitrogen and oxygen atoms in total. The average Bonchev–Trinajstić information content (AvgIpc) is 2.85. The first-order valence-corrected chi connectivity index (χ1v) is 5.73. The van der Waals surface area contributed by atoms with Crippen molar-refractivity contribution in [3.63, 3.8) is 0 Å². The second kappa shape index (κ2) is 5.46. The Bertz CT molecular complexity index is 522. The van der Waals surface area contributed by atoms with Crippen LogP contribution in [-0.2, 0) is 11.3 Å². The Morgan fingerprint density at radius 3 is 2.78 bits per heavy atom. The Morgan fingerprint density at radius 1 is 1.39 bits per heavy atom. The molecule has 0 saturated carbocycles. The van der Waals surface area contributed by atoms with Crippen LogP contribution in [0.4, 0.5) is 0 Å².